The second-order valence-corrected chi connectivity index (χ2v) is 5.45. The molecule has 0 aliphatic carbocycles. The highest BCUT2D eigenvalue weighted by atomic mass is 15.3. The molecule has 1 saturated heterocycles. The standard InChI is InChI=1S/C16H20N4/c1-12-4-3-5-14(10-12)15-6-7-16(19-18-15)20-9-8-17-13(2)11-20/h3-7,10,13,17H,8-9,11H2,1-2H3. The van der Waals surface area contributed by atoms with Crippen LogP contribution in [0.25, 0.3) is 11.3 Å². The molecule has 20 heavy (non-hydrogen) atoms. The Labute approximate surface area is 119 Å². The van der Waals surface area contributed by atoms with Crippen LogP contribution in [0.5, 0.6) is 0 Å². The molecule has 3 rings (SSSR count). The van der Waals surface area contributed by atoms with Crippen molar-refractivity contribution < 1.29 is 0 Å². The first kappa shape index (κ1) is 13.1. The van der Waals surface area contributed by atoms with Crippen molar-refractivity contribution in [1.29, 1.82) is 0 Å². The molecule has 0 amide bonds. The van der Waals surface area contributed by atoms with Gasteiger partial charge in [-0.3, -0.25) is 0 Å². The number of benzene rings is 1. The maximum atomic E-state index is 4.39. The largest absolute Gasteiger partial charge is 0.352 e. The number of piperazine rings is 1. The lowest BCUT2D eigenvalue weighted by atomic mass is 10.1. The molecular formula is C16H20N4. The summed E-state index contributed by atoms with van der Waals surface area (Å²) in [5.74, 6) is 0.967. The summed E-state index contributed by atoms with van der Waals surface area (Å²) in [5, 5.41) is 12.2. The smallest absolute Gasteiger partial charge is 0.151 e. The van der Waals surface area contributed by atoms with Gasteiger partial charge in [0, 0.05) is 31.2 Å². The van der Waals surface area contributed by atoms with Crippen LogP contribution in [-0.4, -0.2) is 35.9 Å². The fourth-order valence-corrected chi connectivity index (χ4v) is 2.59. The van der Waals surface area contributed by atoms with Gasteiger partial charge in [0.25, 0.3) is 0 Å². The van der Waals surface area contributed by atoms with Crippen LogP contribution in [0.2, 0.25) is 0 Å². The molecule has 1 fully saturated rings. The quantitative estimate of drug-likeness (QED) is 0.907. The number of anilines is 1. The third-order valence-electron chi connectivity index (χ3n) is 3.66. The Morgan fingerprint density at radius 1 is 1.20 bits per heavy atom. The lowest BCUT2D eigenvalue weighted by molar-refractivity contribution is 0.481. The van der Waals surface area contributed by atoms with Gasteiger partial charge < -0.3 is 10.2 Å². The molecule has 104 valence electrons. The van der Waals surface area contributed by atoms with Crippen molar-refractivity contribution in [3.63, 3.8) is 0 Å². The predicted octanol–water partition coefficient (Wildman–Crippen LogP) is 2.25. The van der Waals surface area contributed by atoms with Crippen molar-refractivity contribution in [1.82, 2.24) is 15.5 Å². The molecule has 1 aliphatic rings. The Morgan fingerprint density at radius 3 is 2.80 bits per heavy atom. The number of hydrogen-bond donors (Lipinski definition) is 1. The molecule has 1 aromatic heterocycles. The monoisotopic (exact) mass is 268 g/mol. The molecular weight excluding hydrogens is 248 g/mol. The maximum Gasteiger partial charge on any atom is 0.151 e. The van der Waals surface area contributed by atoms with Gasteiger partial charge in [-0.1, -0.05) is 23.8 Å². The third-order valence-corrected chi connectivity index (χ3v) is 3.66. The van der Waals surface area contributed by atoms with Crippen molar-refractivity contribution in [3.05, 3.63) is 42.0 Å². The summed E-state index contributed by atoms with van der Waals surface area (Å²) < 4.78 is 0. The fraction of sp³-hybridized carbons (Fsp3) is 0.375. The van der Waals surface area contributed by atoms with Gasteiger partial charge in [-0.15, -0.1) is 10.2 Å². The number of nitrogens with one attached hydrogen (secondary N) is 1. The second kappa shape index (κ2) is 5.59. The molecule has 0 bridgehead atoms. The minimum atomic E-state index is 0.502. The normalized spacial score (nSPS) is 19.1. The average Bonchev–Trinajstić information content (AvgIpc) is 2.47. The molecule has 4 heteroatoms. The fourth-order valence-electron chi connectivity index (χ4n) is 2.59. The first-order valence-corrected chi connectivity index (χ1v) is 7.11. The van der Waals surface area contributed by atoms with Crippen molar-refractivity contribution in [2.24, 2.45) is 0 Å². The van der Waals surface area contributed by atoms with Crippen molar-refractivity contribution in [2.45, 2.75) is 19.9 Å². The van der Waals surface area contributed by atoms with E-state index in [9.17, 15) is 0 Å². The number of nitrogens with zero attached hydrogens (tertiary/aromatic N) is 3. The van der Waals surface area contributed by atoms with E-state index in [1.807, 2.05) is 0 Å². The van der Waals surface area contributed by atoms with E-state index in [4.69, 9.17) is 0 Å². The van der Waals surface area contributed by atoms with Crippen LogP contribution in [0, 0.1) is 6.92 Å². The highest BCUT2D eigenvalue weighted by molar-refractivity contribution is 5.60. The second-order valence-electron chi connectivity index (χ2n) is 5.45. The molecule has 1 atom stereocenters. The zero-order chi connectivity index (χ0) is 13.9. The van der Waals surface area contributed by atoms with E-state index >= 15 is 0 Å². The van der Waals surface area contributed by atoms with Gasteiger partial charge in [0.1, 0.15) is 0 Å². The van der Waals surface area contributed by atoms with Gasteiger partial charge >= 0.3 is 0 Å². The maximum absolute atomic E-state index is 4.39. The van der Waals surface area contributed by atoms with Gasteiger partial charge in [0.15, 0.2) is 5.82 Å². The molecule has 0 radical (unpaired) electrons. The first-order chi connectivity index (χ1) is 9.72. The number of aryl methyl sites for hydroxylation is 1. The highest BCUT2D eigenvalue weighted by Crippen LogP contribution is 2.20. The van der Waals surface area contributed by atoms with Crippen LogP contribution in [-0.2, 0) is 0 Å². The van der Waals surface area contributed by atoms with Gasteiger partial charge in [-0.05, 0) is 32.0 Å². The molecule has 4 nitrogen and oxygen atoms in total. The topological polar surface area (TPSA) is 41.0 Å². The first-order valence-electron chi connectivity index (χ1n) is 7.11. The summed E-state index contributed by atoms with van der Waals surface area (Å²) in [6, 6.07) is 13.0. The van der Waals surface area contributed by atoms with Crippen LogP contribution < -0.4 is 10.2 Å². The molecule has 0 saturated carbocycles. The minimum Gasteiger partial charge on any atom is -0.352 e. The SMILES string of the molecule is Cc1cccc(-c2ccc(N3CCNC(C)C3)nn2)c1. The minimum absolute atomic E-state index is 0.502. The Bertz CT molecular complexity index is 579. The summed E-state index contributed by atoms with van der Waals surface area (Å²) in [7, 11) is 0. The van der Waals surface area contributed by atoms with E-state index in [0.717, 1.165) is 36.7 Å². The van der Waals surface area contributed by atoms with E-state index in [2.05, 4.69) is 70.7 Å². The number of hydrogen-bond acceptors (Lipinski definition) is 4. The van der Waals surface area contributed by atoms with E-state index in [0.29, 0.717) is 6.04 Å². The van der Waals surface area contributed by atoms with Gasteiger partial charge in [-0.2, -0.15) is 0 Å². The summed E-state index contributed by atoms with van der Waals surface area (Å²) in [5.41, 5.74) is 3.29. The predicted molar refractivity (Wildman–Crippen MR) is 81.9 cm³/mol. The van der Waals surface area contributed by atoms with Crippen LogP contribution in [0.1, 0.15) is 12.5 Å². The molecule has 0 spiro atoms. The third kappa shape index (κ3) is 2.80. The zero-order valence-electron chi connectivity index (χ0n) is 12.0. The van der Waals surface area contributed by atoms with E-state index in [1.54, 1.807) is 0 Å². The Kier molecular flexibility index (Phi) is 3.65. The van der Waals surface area contributed by atoms with E-state index < -0.39 is 0 Å². The number of rotatable bonds is 2. The summed E-state index contributed by atoms with van der Waals surface area (Å²) in [6.45, 7) is 7.26. The zero-order valence-corrected chi connectivity index (χ0v) is 12.0. The van der Waals surface area contributed by atoms with Gasteiger partial charge in [-0.25, -0.2) is 0 Å². The van der Waals surface area contributed by atoms with Crippen molar-refractivity contribution >= 4 is 5.82 Å². The molecule has 2 heterocycles. The lowest BCUT2D eigenvalue weighted by Gasteiger charge is -2.32. The summed E-state index contributed by atoms with van der Waals surface area (Å²) >= 11 is 0. The van der Waals surface area contributed by atoms with Crippen molar-refractivity contribution in [2.75, 3.05) is 24.5 Å². The molecule has 1 aromatic carbocycles. The van der Waals surface area contributed by atoms with E-state index in [1.165, 1.54) is 5.56 Å². The van der Waals surface area contributed by atoms with Crippen LogP contribution in [0.3, 0.4) is 0 Å². The van der Waals surface area contributed by atoms with Crippen LogP contribution >= 0.6 is 0 Å². The molecule has 1 aliphatic heterocycles. The average molecular weight is 268 g/mol. The molecule has 1 unspecified atom stereocenters. The lowest BCUT2D eigenvalue weighted by Crippen LogP contribution is -2.49. The van der Waals surface area contributed by atoms with Gasteiger partial charge in [0.2, 0.25) is 0 Å². The van der Waals surface area contributed by atoms with Crippen LogP contribution in [0.4, 0.5) is 5.82 Å². The molecule has 2 aromatic rings. The van der Waals surface area contributed by atoms with Crippen LogP contribution in [0.15, 0.2) is 36.4 Å². The summed E-state index contributed by atoms with van der Waals surface area (Å²) in [6.07, 6.45) is 0. The Hall–Kier alpha value is -1.94. The molecule has 1 N–H and O–H groups in total. The van der Waals surface area contributed by atoms with Gasteiger partial charge in [0.05, 0.1) is 5.69 Å². The number of aromatic nitrogens is 2. The Morgan fingerprint density at radius 2 is 2.10 bits per heavy atom. The highest BCUT2D eigenvalue weighted by Gasteiger charge is 2.17. The van der Waals surface area contributed by atoms with E-state index in [-0.39, 0.29) is 0 Å². The summed E-state index contributed by atoms with van der Waals surface area (Å²) in [4.78, 5) is 2.29. The Balaban J connectivity index is 1.80. The van der Waals surface area contributed by atoms with Crippen molar-refractivity contribution in [3.8, 4) is 11.3 Å².